The van der Waals surface area contributed by atoms with Gasteiger partial charge in [0.1, 0.15) is 0 Å². The molecular formula is C115H99B4Br3N2. The molecule has 6 aliphatic heterocycles. The first-order valence-corrected chi connectivity index (χ1v) is 46.7. The van der Waals surface area contributed by atoms with Gasteiger partial charge in [0.2, 0.25) is 13.4 Å². The quantitative estimate of drug-likeness (QED) is 0.159. The van der Waals surface area contributed by atoms with Crippen LogP contribution in [0.5, 0.6) is 0 Å². The summed E-state index contributed by atoms with van der Waals surface area (Å²) in [6, 6.07) is 128. The second-order valence-electron chi connectivity index (χ2n) is 36.9. The Morgan fingerprint density at radius 2 is 0.581 bits per heavy atom. The van der Waals surface area contributed by atoms with Crippen molar-refractivity contribution in [1.82, 2.24) is 0 Å². The Morgan fingerprint density at radius 1 is 0.282 bits per heavy atom. The highest BCUT2D eigenvalue weighted by Gasteiger charge is 2.63. The molecule has 0 fully saturated rings. The molecule has 10 aliphatic rings. The predicted octanol–water partition coefficient (Wildman–Crippen LogP) is 25.4. The predicted molar refractivity (Wildman–Crippen MR) is 543 cm³/mol. The summed E-state index contributed by atoms with van der Waals surface area (Å²) < 4.78 is 1.12. The van der Waals surface area contributed by atoms with Crippen molar-refractivity contribution in [2.45, 2.75) is 99.4 Å². The van der Waals surface area contributed by atoms with E-state index < -0.39 is 0 Å². The van der Waals surface area contributed by atoms with Crippen LogP contribution in [0.1, 0.15) is 134 Å². The molecule has 14 aromatic carbocycles. The van der Waals surface area contributed by atoms with E-state index in [2.05, 4.69) is 511 Å². The van der Waals surface area contributed by atoms with Gasteiger partial charge in [0.05, 0.1) is 22.7 Å². The number of fused-ring (bicyclic) bond motifs is 22. The zero-order chi connectivity index (χ0) is 83.3. The Balaban J connectivity index is 0.000000148. The molecule has 0 N–H and O–H groups in total. The van der Waals surface area contributed by atoms with Crippen LogP contribution in [-0.2, 0) is 27.1 Å². The molecule has 2 spiro atoms. The summed E-state index contributed by atoms with van der Waals surface area (Å²) >= 11 is 11.7. The average Bonchev–Trinajstić information content (AvgIpc) is 0.677. The zero-order valence-electron chi connectivity index (χ0n) is 70.1. The summed E-state index contributed by atoms with van der Waals surface area (Å²) in [4.78, 5) is 4.96. The number of para-hydroxylation sites is 4. The van der Waals surface area contributed by atoms with Gasteiger partial charge in [-0.05, 0) is 174 Å². The first kappa shape index (κ1) is 80.0. The maximum absolute atomic E-state index is 4.08. The van der Waals surface area contributed by atoms with Gasteiger partial charge in [-0.2, -0.15) is 0 Å². The van der Waals surface area contributed by atoms with Gasteiger partial charge in [0.15, 0.2) is 0 Å². The molecule has 0 saturated heterocycles. The Hall–Kier alpha value is -11.2. The minimum Gasteiger partial charge on any atom is -0.310 e. The Morgan fingerprint density at radius 3 is 0.984 bits per heavy atom. The number of nitrogens with zero attached hydrogens (tertiary/aromatic N) is 2. The number of anilines is 6. The SMILES string of the molecule is BrB1c2ccccc2C2(c3ccccc31)c1ccccc1B(Br)C1C=CC=CC12.C.CC1(C)c2ccccc2C(c2ccc(Br)cc2)c2ccccc21.CC1(C)c2ccccc2N(c2ccc(B3c4ccccc4C4(c5ccccc5B(c5ccc(N6c7ccccc7C(C)(C)c7ccccc76)cc5)C5C=CC=CC54)C4C=CC=CC34)cc2)c2ccccc21.[2HH]. The summed E-state index contributed by atoms with van der Waals surface area (Å²) in [7, 11) is 0. The third kappa shape index (κ3) is 12.1. The van der Waals surface area contributed by atoms with Gasteiger partial charge < -0.3 is 9.80 Å². The lowest BCUT2D eigenvalue weighted by Crippen LogP contribution is -2.67. The number of hydrogen-bond acceptors (Lipinski definition) is 2. The molecule has 24 rings (SSSR count). The molecule has 4 aliphatic carbocycles. The Kier molecular flexibility index (Phi) is 20.1. The molecule has 6 heterocycles. The number of rotatable bonds is 5. The van der Waals surface area contributed by atoms with E-state index in [0.717, 1.165) is 4.47 Å². The van der Waals surface area contributed by atoms with Crippen molar-refractivity contribution in [2.75, 3.05) is 9.80 Å². The lowest BCUT2D eigenvalue weighted by Gasteiger charge is -2.59. The molecule has 124 heavy (non-hydrogen) atoms. The van der Waals surface area contributed by atoms with Crippen LogP contribution in [-0.4, -0.2) is 24.5 Å². The van der Waals surface area contributed by atoms with Crippen LogP contribution >= 0.6 is 47.4 Å². The highest BCUT2D eigenvalue weighted by Crippen LogP contribution is 2.63. The number of allylic oxidation sites excluding steroid dienone is 12. The van der Waals surface area contributed by atoms with E-state index in [9.17, 15) is 0 Å². The minimum absolute atomic E-state index is 0. The van der Waals surface area contributed by atoms with Crippen molar-refractivity contribution in [3.8, 4) is 0 Å². The van der Waals surface area contributed by atoms with E-state index in [0.29, 0.717) is 23.2 Å². The van der Waals surface area contributed by atoms with Gasteiger partial charge in [-0.3, -0.25) is 0 Å². The van der Waals surface area contributed by atoms with Crippen molar-refractivity contribution in [2.24, 2.45) is 17.8 Å². The van der Waals surface area contributed by atoms with E-state index in [1.54, 1.807) is 0 Å². The summed E-state index contributed by atoms with van der Waals surface area (Å²) in [5, 5.41) is 0. The average molecular weight is 1790 g/mol. The summed E-state index contributed by atoms with van der Waals surface area (Å²) in [6.45, 7) is 14.5. The van der Waals surface area contributed by atoms with Crippen LogP contribution in [0.3, 0.4) is 0 Å². The van der Waals surface area contributed by atoms with Crippen molar-refractivity contribution in [1.29, 1.82) is 0 Å². The third-order valence-electron chi connectivity index (χ3n) is 30.1. The van der Waals surface area contributed by atoms with E-state index in [-0.39, 0.29) is 78.4 Å². The Bertz CT molecular complexity index is 6310. The topological polar surface area (TPSA) is 6.48 Å². The summed E-state index contributed by atoms with van der Waals surface area (Å²) in [5.74, 6) is 2.03. The zero-order valence-corrected chi connectivity index (χ0v) is 74.9. The van der Waals surface area contributed by atoms with E-state index in [1.165, 1.54) is 150 Å². The second kappa shape index (κ2) is 31.2. The van der Waals surface area contributed by atoms with Crippen molar-refractivity contribution >= 4 is 144 Å². The molecule has 2 nitrogen and oxygen atoms in total. The summed E-state index contributed by atoms with van der Waals surface area (Å²) in [5.41, 5.74) is 36.8. The second-order valence-corrected chi connectivity index (χ2v) is 39.7. The van der Waals surface area contributed by atoms with Crippen molar-refractivity contribution < 1.29 is 1.43 Å². The molecule has 14 aromatic rings. The first-order chi connectivity index (χ1) is 60.1. The third-order valence-corrected chi connectivity index (χ3v) is 32.7. The molecule has 0 radical (unpaired) electrons. The lowest BCUT2D eigenvalue weighted by molar-refractivity contribution is 0.281. The van der Waals surface area contributed by atoms with Crippen LogP contribution in [0.4, 0.5) is 34.1 Å². The fourth-order valence-corrected chi connectivity index (χ4v) is 26.8. The van der Waals surface area contributed by atoms with Gasteiger partial charge in [-0.15, -0.1) is 31.5 Å². The van der Waals surface area contributed by atoms with Gasteiger partial charge in [0.25, 0.3) is 11.1 Å². The molecule has 0 bridgehead atoms. The number of benzene rings is 14. The molecule has 6 unspecified atom stereocenters. The Labute approximate surface area is 761 Å². The smallest absolute Gasteiger partial charge is 0.288 e. The lowest BCUT2D eigenvalue weighted by atomic mass is 9.19. The van der Waals surface area contributed by atoms with Crippen LogP contribution in [0, 0.1) is 17.8 Å². The molecule has 0 aromatic heterocycles. The van der Waals surface area contributed by atoms with Gasteiger partial charge in [-0.1, -0.05) is 455 Å². The van der Waals surface area contributed by atoms with Gasteiger partial charge in [0, 0.05) is 50.3 Å². The first-order valence-electron chi connectivity index (χ1n) is 44.0. The monoisotopic (exact) mass is 1790 g/mol. The van der Waals surface area contributed by atoms with E-state index in [4.69, 9.17) is 0 Å². The van der Waals surface area contributed by atoms with E-state index >= 15 is 0 Å². The highest BCUT2D eigenvalue weighted by atomic mass is 79.9. The van der Waals surface area contributed by atoms with Crippen molar-refractivity contribution in [3.63, 3.8) is 0 Å². The molecule has 6 atom stereocenters. The normalized spacial score (nSPS) is 21.5. The molecule has 602 valence electrons. The summed E-state index contributed by atoms with van der Waals surface area (Å²) in [6.07, 6.45) is 28.9. The van der Waals surface area contributed by atoms with E-state index in [1.807, 2.05) is 0 Å². The molecule has 0 saturated carbocycles. The van der Waals surface area contributed by atoms with Crippen LogP contribution in [0.15, 0.2) is 417 Å². The van der Waals surface area contributed by atoms with Gasteiger partial charge in [-0.25, -0.2) is 0 Å². The highest BCUT2D eigenvalue weighted by molar-refractivity contribution is 9.25. The molecule has 9 heteroatoms. The number of halogens is 3. The van der Waals surface area contributed by atoms with Crippen LogP contribution < -0.4 is 48.0 Å². The number of hydrogen-bond donors (Lipinski definition) is 0. The standard InChI is InChI=1S/C67H56B2N2.C25H18B2Br2.C22H19Br.CH4.H2/c1-65(2)53-25-9-17-33-61(53)70(62-34-18-10-26-54(62)65)47-41-37-45(38-42-47)68-57-29-13-5-21-49(57)67(50-22-6-14-30-58(50)68)51-23-7-15-31-59(51)69(60-32-16-8-24-52(60)67)46-39-43-48(44-40-46)71-63-35-19-11-27-55(63)66(3,4)56-28-12-20-36-64(56)71;28-26-21-13-5-1-9-17(21)25(18-10-2-6-14-22(18)26)19-11-3-7-15-23(19)27(29)24-16-8-4-12-20(24)25;1-22(2)19-9-5-3-7-17(19)21(15-11-13-16(23)14-12-15)18-8-4-6-10-20(18)22;;/h5-44,49,51,57,59H,1-4H3;1-17,21H;3-14,21H,1-2H3;1H4;1H/i;;;;1+1. The molecule has 0 amide bonds. The van der Waals surface area contributed by atoms with Crippen LogP contribution in [0.2, 0.25) is 17.5 Å². The minimum atomic E-state index is -0.292. The molecular weight excluding hydrogens is 1690 g/mol. The van der Waals surface area contributed by atoms with Crippen LogP contribution in [0.25, 0.3) is 0 Å². The maximum atomic E-state index is 4.08. The van der Waals surface area contributed by atoms with Crippen molar-refractivity contribution in [3.05, 3.63) is 495 Å². The van der Waals surface area contributed by atoms with Gasteiger partial charge >= 0.3 is 0 Å². The maximum Gasteiger partial charge on any atom is 0.288 e. The fraction of sp³-hybridized carbons (Fsp3) is 0.165. The fourth-order valence-electron chi connectivity index (χ4n) is 24.8. The largest absolute Gasteiger partial charge is 0.310 e.